The lowest BCUT2D eigenvalue weighted by Crippen LogP contribution is -1.89. The summed E-state index contributed by atoms with van der Waals surface area (Å²) in [6, 6.07) is 0. The molecular formula is C6H13NO2S. The molecule has 1 N–H and O–H groups in total. The first-order valence-electron chi connectivity index (χ1n) is 3.68. The largest absolute Gasteiger partial charge is 0.229 e. The Morgan fingerprint density at radius 2 is 2.00 bits per heavy atom. The summed E-state index contributed by atoms with van der Waals surface area (Å²) in [6.45, 7) is 2.11. The van der Waals surface area contributed by atoms with Crippen LogP contribution in [0.5, 0.6) is 0 Å². The van der Waals surface area contributed by atoms with Crippen molar-refractivity contribution in [3.8, 4) is 0 Å². The second kappa shape index (κ2) is 2.88. The van der Waals surface area contributed by atoms with Gasteiger partial charge in [0.05, 0.1) is 0 Å². The van der Waals surface area contributed by atoms with Gasteiger partial charge in [0.2, 0.25) is 10.0 Å². The second-order valence-electron chi connectivity index (χ2n) is 2.65. The van der Waals surface area contributed by atoms with Crippen molar-refractivity contribution >= 4 is 10.0 Å². The topological polar surface area (TPSA) is 56.1 Å². The van der Waals surface area contributed by atoms with Gasteiger partial charge in [0.25, 0.3) is 0 Å². The standard InChI is InChI=1S/C6H13NO2S/c1-2-3-4-5-6-7-10(6,8)9/h6-7H,2-5H2,1H3. The molecule has 3 nitrogen and oxygen atoms in total. The number of hydrogen-bond acceptors (Lipinski definition) is 2. The molecule has 10 heavy (non-hydrogen) atoms. The van der Waals surface area contributed by atoms with Crippen LogP contribution in [0.25, 0.3) is 0 Å². The molecule has 1 aliphatic rings. The Hall–Kier alpha value is -0.0900. The van der Waals surface area contributed by atoms with Crippen molar-refractivity contribution in [2.24, 2.45) is 0 Å². The lowest BCUT2D eigenvalue weighted by molar-refractivity contribution is 0.606. The highest BCUT2D eigenvalue weighted by molar-refractivity contribution is 7.96. The molecule has 1 unspecified atom stereocenters. The zero-order valence-electron chi connectivity index (χ0n) is 6.13. The van der Waals surface area contributed by atoms with E-state index in [1.807, 2.05) is 0 Å². The van der Waals surface area contributed by atoms with Gasteiger partial charge >= 0.3 is 0 Å². The Labute approximate surface area is 61.9 Å². The summed E-state index contributed by atoms with van der Waals surface area (Å²) in [5, 5.41) is -0.209. The lowest BCUT2D eigenvalue weighted by atomic mass is 10.2. The molecule has 0 aromatic rings. The molecule has 0 aromatic heterocycles. The zero-order chi connectivity index (χ0) is 7.61. The van der Waals surface area contributed by atoms with Crippen LogP contribution in [0.15, 0.2) is 0 Å². The summed E-state index contributed by atoms with van der Waals surface area (Å²) < 4.78 is 23.6. The van der Waals surface area contributed by atoms with Gasteiger partial charge in [0.15, 0.2) is 0 Å². The highest BCUT2D eigenvalue weighted by Crippen LogP contribution is 2.19. The normalized spacial score (nSPS) is 28.3. The lowest BCUT2D eigenvalue weighted by Gasteiger charge is -1.90. The number of rotatable bonds is 4. The molecule has 4 heteroatoms. The van der Waals surface area contributed by atoms with Gasteiger partial charge in [-0.25, -0.2) is 8.42 Å². The van der Waals surface area contributed by atoms with E-state index in [0.717, 1.165) is 25.7 Å². The van der Waals surface area contributed by atoms with Gasteiger partial charge in [0, 0.05) is 0 Å². The minimum Gasteiger partial charge on any atom is -0.211 e. The van der Waals surface area contributed by atoms with E-state index in [0.29, 0.717) is 0 Å². The molecule has 0 amide bonds. The predicted octanol–water partition coefficient (Wildman–Crippen LogP) is 0.826. The van der Waals surface area contributed by atoms with E-state index in [-0.39, 0.29) is 5.37 Å². The fraction of sp³-hybridized carbons (Fsp3) is 1.00. The molecule has 0 bridgehead atoms. The molecule has 1 fully saturated rings. The number of nitrogens with one attached hydrogen (secondary N) is 1. The molecule has 0 aliphatic carbocycles. The van der Waals surface area contributed by atoms with Gasteiger partial charge in [-0.15, -0.1) is 0 Å². The Kier molecular flexibility index (Phi) is 2.31. The minimum atomic E-state index is -2.79. The van der Waals surface area contributed by atoms with Crippen LogP contribution in [0, 0.1) is 0 Å². The van der Waals surface area contributed by atoms with Crippen LogP contribution in [0.4, 0.5) is 0 Å². The third-order valence-corrected chi connectivity index (χ3v) is 3.14. The monoisotopic (exact) mass is 163 g/mol. The van der Waals surface area contributed by atoms with Gasteiger partial charge in [0.1, 0.15) is 5.37 Å². The summed E-state index contributed by atoms with van der Waals surface area (Å²) in [5.74, 6) is 0. The van der Waals surface area contributed by atoms with Crippen LogP contribution in [-0.4, -0.2) is 13.8 Å². The first kappa shape index (κ1) is 8.01. The maximum atomic E-state index is 10.6. The summed E-state index contributed by atoms with van der Waals surface area (Å²) in [4.78, 5) is 0. The number of unbranched alkanes of at least 4 members (excludes halogenated alkanes) is 2. The van der Waals surface area contributed by atoms with Crippen molar-refractivity contribution in [2.45, 2.75) is 38.0 Å². The maximum Gasteiger partial charge on any atom is 0.229 e. The number of hydrogen-bond donors (Lipinski definition) is 1. The summed E-state index contributed by atoms with van der Waals surface area (Å²) in [6.07, 6.45) is 4.09. The van der Waals surface area contributed by atoms with E-state index >= 15 is 0 Å². The molecular weight excluding hydrogens is 150 g/mol. The van der Waals surface area contributed by atoms with Gasteiger partial charge in [-0.05, 0) is 6.42 Å². The van der Waals surface area contributed by atoms with E-state index in [1.54, 1.807) is 0 Å². The predicted molar refractivity (Wildman–Crippen MR) is 40.0 cm³/mol. The molecule has 1 saturated heterocycles. The highest BCUT2D eigenvalue weighted by Gasteiger charge is 2.41. The summed E-state index contributed by atoms with van der Waals surface area (Å²) in [7, 11) is -2.79. The van der Waals surface area contributed by atoms with Gasteiger partial charge in [-0.2, -0.15) is 4.72 Å². The van der Waals surface area contributed by atoms with E-state index in [4.69, 9.17) is 0 Å². The molecule has 60 valence electrons. The fourth-order valence-corrected chi connectivity index (χ4v) is 2.09. The van der Waals surface area contributed by atoms with Gasteiger partial charge in [-0.3, -0.25) is 0 Å². The van der Waals surface area contributed by atoms with Crippen LogP contribution in [0.3, 0.4) is 0 Å². The maximum absolute atomic E-state index is 10.6. The van der Waals surface area contributed by atoms with Crippen molar-refractivity contribution in [3.63, 3.8) is 0 Å². The molecule has 1 aliphatic heterocycles. The Morgan fingerprint density at radius 3 is 2.40 bits per heavy atom. The van der Waals surface area contributed by atoms with Crippen molar-refractivity contribution in [1.82, 2.24) is 4.72 Å². The zero-order valence-corrected chi connectivity index (χ0v) is 6.95. The van der Waals surface area contributed by atoms with Crippen LogP contribution < -0.4 is 4.72 Å². The summed E-state index contributed by atoms with van der Waals surface area (Å²) >= 11 is 0. The molecule has 1 atom stereocenters. The van der Waals surface area contributed by atoms with Gasteiger partial charge < -0.3 is 0 Å². The first-order chi connectivity index (χ1) is 4.67. The van der Waals surface area contributed by atoms with E-state index < -0.39 is 10.0 Å². The van der Waals surface area contributed by atoms with Crippen LogP contribution >= 0.6 is 0 Å². The Balaban J connectivity index is 2.08. The third-order valence-electron chi connectivity index (χ3n) is 1.68. The van der Waals surface area contributed by atoms with Gasteiger partial charge in [-0.1, -0.05) is 26.2 Å². The van der Waals surface area contributed by atoms with E-state index in [1.165, 1.54) is 0 Å². The van der Waals surface area contributed by atoms with E-state index in [2.05, 4.69) is 11.6 Å². The highest BCUT2D eigenvalue weighted by atomic mass is 32.2. The fourth-order valence-electron chi connectivity index (χ4n) is 0.949. The SMILES string of the molecule is CCCCCC1NS1(=O)=O. The second-order valence-corrected chi connectivity index (χ2v) is 4.54. The Morgan fingerprint density at radius 1 is 1.40 bits per heavy atom. The summed E-state index contributed by atoms with van der Waals surface area (Å²) in [5.41, 5.74) is 0. The van der Waals surface area contributed by atoms with Crippen molar-refractivity contribution in [1.29, 1.82) is 0 Å². The molecule has 0 radical (unpaired) electrons. The third kappa shape index (κ3) is 1.95. The van der Waals surface area contributed by atoms with Crippen molar-refractivity contribution < 1.29 is 8.42 Å². The Bertz CT molecular complexity index is 198. The van der Waals surface area contributed by atoms with Crippen LogP contribution in [0.2, 0.25) is 0 Å². The minimum absolute atomic E-state index is 0.209. The first-order valence-corrected chi connectivity index (χ1v) is 5.22. The average molecular weight is 163 g/mol. The molecule has 1 heterocycles. The van der Waals surface area contributed by atoms with Crippen LogP contribution in [0.1, 0.15) is 32.6 Å². The molecule has 1 rings (SSSR count). The van der Waals surface area contributed by atoms with Crippen LogP contribution in [-0.2, 0) is 10.0 Å². The average Bonchev–Trinajstić information content (AvgIpc) is 2.41. The quantitative estimate of drug-likeness (QED) is 0.493. The molecule has 0 saturated carbocycles. The van der Waals surface area contributed by atoms with E-state index in [9.17, 15) is 8.42 Å². The molecule has 0 spiro atoms. The van der Waals surface area contributed by atoms with Crippen molar-refractivity contribution in [2.75, 3.05) is 0 Å². The van der Waals surface area contributed by atoms with Crippen molar-refractivity contribution in [3.05, 3.63) is 0 Å². The molecule has 0 aromatic carbocycles. The number of sulfonamides is 1. The smallest absolute Gasteiger partial charge is 0.211 e.